The third kappa shape index (κ3) is 3.90. The summed E-state index contributed by atoms with van der Waals surface area (Å²) in [4.78, 5) is 13.4. The molecular weight excluding hydrogens is 220 g/mol. The van der Waals surface area contributed by atoms with Crippen LogP contribution in [0.5, 0.6) is 0 Å². The molecule has 1 aliphatic rings. The fourth-order valence-corrected chi connectivity index (χ4v) is 1.58. The second-order valence-corrected chi connectivity index (χ2v) is 5.82. The minimum absolute atomic E-state index is 0.225. The van der Waals surface area contributed by atoms with E-state index < -0.39 is 23.3 Å². The molecule has 0 aromatic rings. The standard InChI is InChI=1S/C12H20N2O3/c1-11(2,3)17-10(15)14-8-12(4,5)16-7-9(14)6-13/h9H,7-8H2,1-5H3. The van der Waals surface area contributed by atoms with Gasteiger partial charge in [-0.2, -0.15) is 5.26 Å². The average molecular weight is 240 g/mol. The van der Waals surface area contributed by atoms with Gasteiger partial charge in [0.15, 0.2) is 0 Å². The van der Waals surface area contributed by atoms with Gasteiger partial charge in [-0.05, 0) is 34.6 Å². The van der Waals surface area contributed by atoms with Gasteiger partial charge in [-0.3, -0.25) is 4.90 Å². The Morgan fingerprint density at radius 1 is 1.53 bits per heavy atom. The molecule has 1 heterocycles. The molecule has 0 saturated carbocycles. The van der Waals surface area contributed by atoms with Gasteiger partial charge in [0.25, 0.3) is 0 Å². The van der Waals surface area contributed by atoms with Crippen LogP contribution in [0.25, 0.3) is 0 Å². The van der Waals surface area contributed by atoms with Crippen molar-refractivity contribution in [2.45, 2.75) is 51.9 Å². The topological polar surface area (TPSA) is 62.6 Å². The Morgan fingerprint density at radius 2 is 2.12 bits per heavy atom. The highest BCUT2D eigenvalue weighted by Crippen LogP contribution is 2.22. The Hall–Kier alpha value is -1.28. The molecule has 1 rings (SSSR count). The number of hydrogen-bond donors (Lipinski definition) is 0. The van der Waals surface area contributed by atoms with E-state index in [-0.39, 0.29) is 6.61 Å². The van der Waals surface area contributed by atoms with Crippen LogP contribution in [-0.4, -0.2) is 41.4 Å². The maximum atomic E-state index is 12.0. The summed E-state index contributed by atoms with van der Waals surface area (Å²) in [5, 5.41) is 9.00. The minimum atomic E-state index is -0.571. The lowest BCUT2D eigenvalue weighted by Gasteiger charge is -2.41. The molecule has 0 aliphatic carbocycles. The summed E-state index contributed by atoms with van der Waals surface area (Å²) in [7, 11) is 0. The zero-order valence-electron chi connectivity index (χ0n) is 11.1. The van der Waals surface area contributed by atoms with E-state index in [1.54, 1.807) is 20.8 Å². The minimum Gasteiger partial charge on any atom is -0.444 e. The number of ether oxygens (including phenoxy) is 2. The molecule has 1 atom stereocenters. The molecule has 5 nitrogen and oxygen atoms in total. The van der Waals surface area contributed by atoms with Crippen molar-refractivity contribution in [3.63, 3.8) is 0 Å². The highest BCUT2D eigenvalue weighted by molar-refractivity contribution is 5.69. The first-order valence-corrected chi connectivity index (χ1v) is 5.68. The predicted molar refractivity (Wildman–Crippen MR) is 62.4 cm³/mol. The first kappa shape index (κ1) is 13.8. The van der Waals surface area contributed by atoms with Crippen LogP contribution < -0.4 is 0 Å². The van der Waals surface area contributed by atoms with E-state index in [9.17, 15) is 4.79 Å². The van der Waals surface area contributed by atoms with Crippen molar-refractivity contribution in [3.8, 4) is 6.07 Å². The van der Waals surface area contributed by atoms with Crippen molar-refractivity contribution in [2.75, 3.05) is 13.2 Å². The van der Waals surface area contributed by atoms with Crippen LogP contribution in [0.4, 0.5) is 4.79 Å². The number of rotatable bonds is 0. The molecule has 1 amide bonds. The lowest BCUT2D eigenvalue weighted by atomic mass is 10.1. The Bertz CT molecular complexity index is 339. The summed E-state index contributed by atoms with van der Waals surface area (Å²) in [5.41, 5.74) is -0.996. The molecule has 0 spiro atoms. The summed E-state index contributed by atoms with van der Waals surface area (Å²) in [5.74, 6) is 0. The van der Waals surface area contributed by atoms with Crippen LogP contribution in [0, 0.1) is 11.3 Å². The van der Waals surface area contributed by atoms with Crippen LogP contribution in [0.15, 0.2) is 0 Å². The van der Waals surface area contributed by atoms with Crippen molar-refractivity contribution < 1.29 is 14.3 Å². The first-order chi connectivity index (χ1) is 7.64. The van der Waals surface area contributed by atoms with Crippen LogP contribution in [0.2, 0.25) is 0 Å². The summed E-state index contributed by atoms with van der Waals surface area (Å²) in [6.45, 7) is 9.77. The summed E-state index contributed by atoms with van der Waals surface area (Å²) in [6, 6.07) is 1.49. The second kappa shape index (κ2) is 4.53. The zero-order chi connectivity index (χ0) is 13.3. The molecule has 1 unspecified atom stereocenters. The van der Waals surface area contributed by atoms with Gasteiger partial charge in [-0.1, -0.05) is 0 Å². The molecule has 5 heteroatoms. The van der Waals surface area contributed by atoms with Crippen LogP contribution in [0.1, 0.15) is 34.6 Å². The van der Waals surface area contributed by atoms with E-state index >= 15 is 0 Å². The van der Waals surface area contributed by atoms with Gasteiger partial charge in [0.05, 0.1) is 24.8 Å². The molecule has 0 radical (unpaired) electrons. The fourth-order valence-electron chi connectivity index (χ4n) is 1.58. The molecule has 1 aliphatic heterocycles. The van der Waals surface area contributed by atoms with Crippen molar-refractivity contribution >= 4 is 6.09 Å². The highest BCUT2D eigenvalue weighted by atomic mass is 16.6. The first-order valence-electron chi connectivity index (χ1n) is 5.68. The highest BCUT2D eigenvalue weighted by Gasteiger charge is 2.38. The molecule has 1 fully saturated rings. The Labute approximate surface area is 102 Å². The van der Waals surface area contributed by atoms with Crippen LogP contribution in [0.3, 0.4) is 0 Å². The van der Waals surface area contributed by atoms with Crippen LogP contribution in [-0.2, 0) is 9.47 Å². The van der Waals surface area contributed by atoms with Gasteiger partial charge in [-0.15, -0.1) is 0 Å². The maximum absolute atomic E-state index is 12.0. The fraction of sp³-hybridized carbons (Fsp3) is 0.833. The van der Waals surface area contributed by atoms with Crippen molar-refractivity contribution in [2.24, 2.45) is 0 Å². The SMILES string of the molecule is CC(C)(C)OC(=O)N1CC(C)(C)OCC1C#N. The Morgan fingerprint density at radius 3 is 2.59 bits per heavy atom. The predicted octanol–water partition coefficient (Wildman–Crippen LogP) is 1.92. The van der Waals surface area contributed by atoms with Gasteiger partial charge in [0, 0.05) is 0 Å². The normalized spacial score (nSPS) is 24.0. The van der Waals surface area contributed by atoms with Gasteiger partial charge in [-0.25, -0.2) is 4.79 Å². The average Bonchev–Trinajstić information content (AvgIpc) is 2.13. The van der Waals surface area contributed by atoms with Gasteiger partial charge in [0.2, 0.25) is 0 Å². The van der Waals surface area contributed by atoms with Gasteiger partial charge in [0.1, 0.15) is 11.6 Å². The number of hydrogen-bond acceptors (Lipinski definition) is 4. The van der Waals surface area contributed by atoms with Gasteiger partial charge >= 0.3 is 6.09 Å². The number of nitriles is 1. The zero-order valence-corrected chi connectivity index (χ0v) is 11.1. The lowest BCUT2D eigenvalue weighted by molar-refractivity contribution is -0.102. The molecule has 0 aromatic heterocycles. The van der Waals surface area contributed by atoms with E-state index in [0.717, 1.165) is 0 Å². The lowest BCUT2D eigenvalue weighted by Crippen LogP contribution is -2.56. The van der Waals surface area contributed by atoms with Crippen molar-refractivity contribution in [3.05, 3.63) is 0 Å². The number of nitrogens with zero attached hydrogens (tertiary/aromatic N) is 2. The monoisotopic (exact) mass is 240 g/mol. The Balaban J connectivity index is 2.78. The summed E-state index contributed by atoms with van der Waals surface area (Å²) < 4.78 is 10.8. The van der Waals surface area contributed by atoms with Crippen LogP contribution >= 0.6 is 0 Å². The maximum Gasteiger partial charge on any atom is 0.411 e. The smallest absolute Gasteiger partial charge is 0.411 e. The van der Waals surface area contributed by atoms with Crippen molar-refractivity contribution in [1.82, 2.24) is 4.90 Å². The molecule has 96 valence electrons. The third-order valence-electron chi connectivity index (χ3n) is 2.34. The van der Waals surface area contributed by atoms with Gasteiger partial charge < -0.3 is 9.47 Å². The Kier molecular flexibility index (Phi) is 3.68. The number of carbonyl (C=O) groups excluding carboxylic acids is 1. The summed E-state index contributed by atoms with van der Waals surface area (Å²) in [6.07, 6.45) is -0.458. The quantitative estimate of drug-likeness (QED) is 0.649. The molecule has 17 heavy (non-hydrogen) atoms. The molecular formula is C12H20N2O3. The molecule has 1 saturated heterocycles. The molecule has 0 bridgehead atoms. The van der Waals surface area contributed by atoms with E-state index in [1.165, 1.54) is 4.90 Å². The van der Waals surface area contributed by atoms with E-state index in [1.807, 2.05) is 13.8 Å². The van der Waals surface area contributed by atoms with Crippen molar-refractivity contribution in [1.29, 1.82) is 5.26 Å². The third-order valence-corrected chi connectivity index (χ3v) is 2.34. The number of amides is 1. The number of carbonyl (C=O) groups is 1. The largest absolute Gasteiger partial charge is 0.444 e. The number of morpholine rings is 1. The second-order valence-electron chi connectivity index (χ2n) is 5.82. The molecule has 0 aromatic carbocycles. The molecule has 0 N–H and O–H groups in total. The van der Waals surface area contributed by atoms with E-state index in [4.69, 9.17) is 14.7 Å². The summed E-state index contributed by atoms with van der Waals surface area (Å²) >= 11 is 0. The van der Waals surface area contributed by atoms with E-state index in [2.05, 4.69) is 6.07 Å². The van der Waals surface area contributed by atoms with E-state index in [0.29, 0.717) is 6.54 Å².